The molecule has 96 valence electrons. The molecule has 0 radical (unpaired) electrons. The summed E-state index contributed by atoms with van der Waals surface area (Å²) in [5.74, 6) is 0. The molecule has 1 fully saturated rings. The van der Waals surface area contributed by atoms with E-state index in [1.807, 2.05) is 14.1 Å². The predicted octanol–water partition coefficient (Wildman–Crippen LogP) is -1.37. The first kappa shape index (κ1) is 13.9. The van der Waals surface area contributed by atoms with Gasteiger partial charge in [-0.05, 0) is 14.1 Å². The van der Waals surface area contributed by atoms with Crippen LogP contribution in [0.5, 0.6) is 0 Å². The van der Waals surface area contributed by atoms with Crippen LogP contribution >= 0.6 is 0 Å². The molecule has 1 N–H and O–H groups in total. The smallest absolute Gasteiger partial charge is 0.281 e. The number of hydrogen-bond acceptors (Lipinski definition) is 4. The van der Waals surface area contributed by atoms with E-state index in [9.17, 15) is 8.42 Å². The van der Waals surface area contributed by atoms with Crippen LogP contribution in [0.25, 0.3) is 0 Å². The summed E-state index contributed by atoms with van der Waals surface area (Å²) in [6.45, 7) is 2.79. The Balaban J connectivity index is 2.84. The van der Waals surface area contributed by atoms with Crippen LogP contribution in [0.15, 0.2) is 0 Å². The Labute approximate surface area is 98.4 Å². The predicted molar refractivity (Wildman–Crippen MR) is 64.5 cm³/mol. The maximum absolute atomic E-state index is 12.1. The monoisotopic (exact) mass is 250 g/mol. The minimum Gasteiger partial charge on any atom is -0.318 e. The molecule has 1 atom stereocenters. The third-order valence-electron chi connectivity index (χ3n) is 2.83. The Morgan fingerprint density at radius 2 is 2.00 bits per heavy atom. The SMILES string of the molecule is CNCC1CN(C)CCN1S(=O)(=O)N(C)C. The molecule has 0 saturated carbocycles. The van der Waals surface area contributed by atoms with Crippen LogP contribution in [-0.2, 0) is 10.2 Å². The Bertz CT molecular complexity index is 317. The zero-order valence-corrected chi connectivity index (χ0v) is 11.3. The molecule has 0 aliphatic carbocycles. The van der Waals surface area contributed by atoms with Crippen molar-refractivity contribution in [3.8, 4) is 0 Å². The summed E-state index contributed by atoms with van der Waals surface area (Å²) in [5, 5.41) is 3.05. The van der Waals surface area contributed by atoms with E-state index in [0.29, 0.717) is 13.1 Å². The topological polar surface area (TPSA) is 55.9 Å². The highest BCUT2D eigenvalue weighted by atomic mass is 32.2. The van der Waals surface area contributed by atoms with Gasteiger partial charge in [0.1, 0.15) is 0 Å². The van der Waals surface area contributed by atoms with E-state index in [2.05, 4.69) is 10.2 Å². The van der Waals surface area contributed by atoms with Crippen molar-refractivity contribution in [1.82, 2.24) is 18.8 Å². The quantitative estimate of drug-likeness (QED) is 0.669. The highest BCUT2D eigenvalue weighted by molar-refractivity contribution is 7.86. The lowest BCUT2D eigenvalue weighted by molar-refractivity contribution is 0.154. The van der Waals surface area contributed by atoms with E-state index >= 15 is 0 Å². The minimum absolute atomic E-state index is 0.0103. The fourth-order valence-electron chi connectivity index (χ4n) is 1.91. The van der Waals surface area contributed by atoms with Crippen LogP contribution in [0.2, 0.25) is 0 Å². The van der Waals surface area contributed by atoms with E-state index in [1.54, 1.807) is 18.4 Å². The molecule has 1 heterocycles. The molecule has 1 aliphatic heterocycles. The Hall–Kier alpha value is -0.210. The van der Waals surface area contributed by atoms with Crippen LogP contribution in [0, 0.1) is 0 Å². The summed E-state index contributed by atoms with van der Waals surface area (Å²) >= 11 is 0. The van der Waals surface area contributed by atoms with Crippen LogP contribution in [0.1, 0.15) is 0 Å². The zero-order chi connectivity index (χ0) is 12.3. The number of nitrogens with zero attached hydrogens (tertiary/aromatic N) is 3. The van der Waals surface area contributed by atoms with Crippen LogP contribution in [0.3, 0.4) is 0 Å². The minimum atomic E-state index is -3.29. The van der Waals surface area contributed by atoms with Gasteiger partial charge < -0.3 is 10.2 Å². The molecule has 0 aromatic rings. The Morgan fingerprint density at radius 3 is 2.50 bits per heavy atom. The average Bonchev–Trinajstić information content (AvgIpc) is 2.17. The maximum atomic E-state index is 12.1. The standard InChI is InChI=1S/C9H22N4O2S/c1-10-7-9-8-12(4)5-6-13(9)16(14,15)11(2)3/h9-10H,5-8H2,1-4H3. The molecule has 0 spiro atoms. The normalized spacial score (nSPS) is 25.2. The van der Waals surface area contributed by atoms with Crippen molar-refractivity contribution in [1.29, 1.82) is 0 Å². The number of rotatable bonds is 4. The third kappa shape index (κ3) is 2.92. The second kappa shape index (κ2) is 5.42. The van der Waals surface area contributed by atoms with E-state index < -0.39 is 10.2 Å². The van der Waals surface area contributed by atoms with Gasteiger partial charge in [-0.1, -0.05) is 0 Å². The molecule has 6 nitrogen and oxygen atoms in total. The van der Waals surface area contributed by atoms with Gasteiger partial charge in [0.05, 0.1) is 6.04 Å². The molecule has 0 amide bonds. The molecule has 1 aliphatic rings. The Kier molecular flexibility index (Phi) is 4.69. The van der Waals surface area contributed by atoms with Gasteiger partial charge in [-0.25, -0.2) is 0 Å². The highest BCUT2D eigenvalue weighted by Gasteiger charge is 2.34. The van der Waals surface area contributed by atoms with E-state index in [-0.39, 0.29) is 6.04 Å². The number of piperazine rings is 1. The third-order valence-corrected chi connectivity index (χ3v) is 4.83. The largest absolute Gasteiger partial charge is 0.318 e. The fourth-order valence-corrected chi connectivity index (χ4v) is 3.16. The van der Waals surface area contributed by atoms with Gasteiger partial charge in [0.15, 0.2) is 0 Å². The van der Waals surface area contributed by atoms with Crippen molar-refractivity contribution in [2.45, 2.75) is 6.04 Å². The zero-order valence-electron chi connectivity index (χ0n) is 10.5. The van der Waals surface area contributed by atoms with Gasteiger partial charge in [-0.2, -0.15) is 17.0 Å². The second-order valence-corrected chi connectivity index (χ2v) is 6.47. The van der Waals surface area contributed by atoms with Gasteiger partial charge >= 0.3 is 0 Å². The molecule has 1 rings (SSSR count). The lowest BCUT2D eigenvalue weighted by atomic mass is 10.2. The molecular formula is C9H22N4O2S. The summed E-state index contributed by atoms with van der Waals surface area (Å²) in [4.78, 5) is 2.16. The number of likely N-dealkylation sites (N-methyl/N-ethyl adjacent to an activating group) is 2. The van der Waals surface area contributed by atoms with E-state index in [4.69, 9.17) is 0 Å². The van der Waals surface area contributed by atoms with Crippen LogP contribution in [0.4, 0.5) is 0 Å². The van der Waals surface area contributed by atoms with E-state index in [0.717, 1.165) is 13.1 Å². The maximum Gasteiger partial charge on any atom is 0.281 e. The van der Waals surface area contributed by atoms with Gasteiger partial charge in [0.25, 0.3) is 10.2 Å². The van der Waals surface area contributed by atoms with Gasteiger partial charge in [0.2, 0.25) is 0 Å². The van der Waals surface area contributed by atoms with Crippen molar-refractivity contribution in [2.24, 2.45) is 0 Å². The van der Waals surface area contributed by atoms with E-state index in [1.165, 1.54) is 4.31 Å². The van der Waals surface area contributed by atoms with Crippen molar-refractivity contribution < 1.29 is 8.42 Å². The molecule has 0 aromatic carbocycles. The van der Waals surface area contributed by atoms with Crippen LogP contribution < -0.4 is 5.32 Å². The summed E-state index contributed by atoms with van der Waals surface area (Å²) in [6.07, 6.45) is 0. The summed E-state index contributed by atoms with van der Waals surface area (Å²) in [5.41, 5.74) is 0. The first-order valence-electron chi connectivity index (χ1n) is 5.42. The number of nitrogens with one attached hydrogen (secondary N) is 1. The highest BCUT2D eigenvalue weighted by Crippen LogP contribution is 2.14. The van der Waals surface area contributed by atoms with Gasteiger partial charge in [0, 0.05) is 40.3 Å². The Morgan fingerprint density at radius 1 is 1.38 bits per heavy atom. The summed E-state index contributed by atoms with van der Waals surface area (Å²) in [7, 11) is 3.71. The molecule has 1 unspecified atom stereocenters. The average molecular weight is 250 g/mol. The lowest BCUT2D eigenvalue weighted by Crippen LogP contribution is -2.59. The van der Waals surface area contributed by atoms with Gasteiger partial charge in [-0.15, -0.1) is 0 Å². The first-order chi connectivity index (χ1) is 7.39. The molecule has 1 saturated heterocycles. The molecule has 7 heteroatoms. The van der Waals surface area contributed by atoms with Crippen molar-refractivity contribution in [3.63, 3.8) is 0 Å². The van der Waals surface area contributed by atoms with Crippen molar-refractivity contribution in [3.05, 3.63) is 0 Å². The second-order valence-electron chi connectivity index (χ2n) is 4.37. The molecule has 0 bridgehead atoms. The van der Waals surface area contributed by atoms with Crippen molar-refractivity contribution >= 4 is 10.2 Å². The molecule has 0 aromatic heterocycles. The lowest BCUT2D eigenvalue weighted by Gasteiger charge is -2.39. The van der Waals surface area contributed by atoms with Gasteiger partial charge in [-0.3, -0.25) is 0 Å². The first-order valence-corrected chi connectivity index (χ1v) is 6.81. The van der Waals surface area contributed by atoms with Crippen LogP contribution in [-0.4, -0.2) is 82.3 Å². The number of hydrogen-bond donors (Lipinski definition) is 1. The molecule has 16 heavy (non-hydrogen) atoms. The summed E-state index contributed by atoms with van der Waals surface area (Å²) in [6, 6.07) is 0.0103. The summed E-state index contributed by atoms with van der Waals surface area (Å²) < 4.78 is 27.0. The fraction of sp³-hybridized carbons (Fsp3) is 1.00. The molecular weight excluding hydrogens is 228 g/mol. The van der Waals surface area contributed by atoms with Crippen molar-refractivity contribution in [2.75, 3.05) is 54.4 Å².